The highest BCUT2D eigenvalue weighted by molar-refractivity contribution is 8.76. The maximum Gasteiger partial charge on any atom is 0.310 e. The second kappa shape index (κ2) is 11.6. The number of nitrogens with zero attached hydrogens (tertiary/aromatic N) is 1. The Hall–Kier alpha value is -2.47. The number of aromatic hydroxyl groups is 1. The van der Waals surface area contributed by atoms with Gasteiger partial charge in [-0.2, -0.15) is 0 Å². The highest BCUT2D eigenvalue weighted by Crippen LogP contribution is 2.60. The Balaban J connectivity index is 1.32. The molecule has 210 valence electrons. The van der Waals surface area contributed by atoms with Crippen LogP contribution >= 0.6 is 21.6 Å². The van der Waals surface area contributed by atoms with E-state index in [9.17, 15) is 9.90 Å². The molecule has 0 saturated carbocycles. The monoisotopic (exact) mass is 575 g/mol. The highest BCUT2D eigenvalue weighted by atomic mass is 33.1. The molecule has 0 radical (unpaired) electrons. The number of carbonyl (C=O) groups is 1. The predicted molar refractivity (Wildman–Crippen MR) is 148 cm³/mol. The van der Waals surface area contributed by atoms with Gasteiger partial charge in [0.2, 0.25) is 12.5 Å². The maximum absolute atomic E-state index is 13.3. The van der Waals surface area contributed by atoms with Crippen molar-refractivity contribution >= 4 is 27.6 Å². The van der Waals surface area contributed by atoms with Crippen LogP contribution in [0.4, 0.5) is 0 Å². The van der Waals surface area contributed by atoms with Crippen molar-refractivity contribution in [3.05, 3.63) is 41.0 Å². The molecule has 4 aliphatic rings. The summed E-state index contributed by atoms with van der Waals surface area (Å²) in [6, 6.07) is 7.65. The van der Waals surface area contributed by atoms with Crippen molar-refractivity contribution in [3.8, 4) is 28.7 Å². The van der Waals surface area contributed by atoms with Crippen molar-refractivity contribution < 1.29 is 38.3 Å². The Labute approximate surface area is 235 Å². The summed E-state index contributed by atoms with van der Waals surface area (Å²) in [5, 5.41) is 10.6. The number of hydrogen-bond acceptors (Lipinski definition) is 11. The number of rotatable bonds is 9. The number of fused-ring (bicyclic) bond motifs is 3. The summed E-state index contributed by atoms with van der Waals surface area (Å²) in [5.74, 6) is 2.00. The number of ether oxygens (including phenoxy) is 6. The molecular formula is C28H33NO8S2. The van der Waals surface area contributed by atoms with Gasteiger partial charge in [-0.15, -0.1) is 0 Å². The van der Waals surface area contributed by atoms with E-state index >= 15 is 0 Å². The predicted octanol–water partition coefficient (Wildman–Crippen LogP) is 4.22. The van der Waals surface area contributed by atoms with Gasteiger partial charge < -0.3 is 33.5 Å². The summed E-state index contributed by atoms with van der Waals surface area (Å²) in [5.41, 5.74) is 2.94. The van der Waals surface area contributed by atoms with Crippen molar-refractivity contribution in [1.82, 2.24) is 4.90 Å². The van der Waals surface area contributed by atoms with E-state index in [1.54, 1.807) is 12.1 Å². The van der Waals surface area contributed by atoms with Gasteiger partial charge in [0.15, 0.2) is 23.0 Å². The van der Waals surface area contributed by atoms with Crippen LogP contribution in [0, 0.1) is 11.8 Å². The molecule has 0 amide bonds. The topological polar surface area (TPSA) is 95.9 Å². The van der Waals surface area contributed by atoms with Gasteiger partial charge >= 0.3 is 5.97 Å². The molecule has 1 N–H and O–H groups in total. The molecule has 0 aromatic heterocycles. The third-order valence-corrected chi connectivity index (χ3v) is 10.9. The third kappa shape index (κ3) is 5.10. The minimum absolute atomic E-state index is 0.0158. The average molecular weight is 576 g/mol. The Kier molecular flexibility index (Phi) is 7.93. The third-order valence-electron chi connectivity index (χ3n) is 7.96. The van der Waals surface area contributed by atoms with Gasteiger partial charge in [-0.25, -0.2) is 0 Å². The molecule has 0 bridgehead atoms. The molecule has 3 heterocycles. The van der Waals surface area contributed by atoms with E-state index in [2.05, 4.69) is 11.0 Å². The molecule has 3 aliphatic heterocycles. The van der Waals surface area contributed by atoms with Crippen molar-refractivity contribution in [3.63, 3.8) is 0 Å². The van der Waals surface area contributed by atoms with E-state index < -0.39 is 0 Å². The lowest BCUT2D eigenvalue weighted by molar-refractivity contribution is -0.141. The minimum Gasteiger partial charge on any atom is -0.502 e. The van der Waals surface area contributed by atoms with Crippen LogP contribution < -0.4 is 18.9 Å². The Morgan fingerprint density at radius 1 is 1.00 bits per heavy atom. The first-order valence-electron chi connectivity index (χ1n) is 13.2. The van der Waals surface area contributed by atoms with Crippen LogP contribution in [-0.2, 0) is 14.3 Å². The molecule has 2 saturated heterocycles. The SMILES string of the molecule is COc1cc([C@@H]2c3cc4c(cc3[C@@H](SSCCCN3CCOCC3)[C@H]3COC(=O)[C@H]23)OCO4)cc(OC)c1O. The summed E-state index contributed by atoms with van der Waals surface area (Å²) in [7, 11) is 6.68. The van der Waals surface area contributed by atoms with E-state index in [-0.39, 0.29) is 41.5 Å². The van der Waals surface area contributed by atoms with E-state index in [0.717, 1.165) is 67.5 Å². The number of phenolic OH excluding ortho intramolecular Hbond substituents is 1. The summed E-state index contributed by atoms with van der Waals surface area (Å²) in [4.78, 5) is 15.7. The lowest BCUT2D eigenvalue weighted by atomic mass is 9.67. The van der Waals surface area contributed by atoms with Gasteiger partial charge in [-0.3, -0.25) is 9.69 Å². The van der Waals surface area contributed by atoms with E-state index in [1.165, 1.54) is 14.2 Å². The zero-order valence-corrected chi connectivity index (χ0v) is 23.7. The summed E-state index contributed by atoms with van der Waals surface area (Å²) >= 11 is 0. The standard InChI is InChI=1S/C28H33NO8S2/c1-32-22-10-16(11-23(33-2)26(22)30)24-17-12-20-21(37-15-36-20)13-18(17)27(19-14-35-28(31)25(19)24)39-38-9-3-4-29-5-7-34-8-6-29/h10-13,19,24-25,27,30H,3-9,14-15H2,1-2H3/t19-,24+,25-,27+/m0/s1. The van der Waals surface area contributed by atoms with Gasteiger partial charge in [0.1, 0.15) is 0 Å². The van der Waals surface area contributed by atoms with Gasteiger partial charge in [0.05, 0.1) is 40.0 Å². The molecule has 11 heteroatoms. The normalized spacial score (nSPS) is 25.6. The molecular weight excluding hydrogens is 542 g/mol. The lowest BCUT2D eigenvalue weighted by Gasteiger charge is -2.38. The summed E-state index contributed by atoms with van der Waals surface area (Å²) in [6.45, 7) is 5.23. The average Bonchev–Trinajstić information content (AvgIpc) is 3.58. The first kappa shape index (κ1) is 26.7. The molecule has 9 nitrogen and oxygen atoms in total. The van der Waals surface area contributed by atoms with Crippen LogP contribution in [0.15, 0.2) is 24.3 Å². The Morgan fingerprint density at radius 2 is 1.69 bits per heavy atom. The smallest absolute Gasteiger partial charge is 0.310 e. The van der Waals surface area contributed by atoms with Crippen LogP contribution in [0.25, 0.3) is 0 Å². The molecule has 0 spiro atoms. The van der Waals surface area contributed by atoms with Crippen molar-refractivity contribution in [2.75, 3.05) is 66.2 Å². The van der Waals surface area contributed by atoms with E-state index in [0.29, 0.717) is 23.9 Å². The fourth-order valence-electron chi connectivity index (χ4n) is 6.02. The molecule has 1 aliphatic carbocycles. The van der Waals surface area contributed by atoms with E-state index in [1.807, 2.05) is 27.7 Å². The Bertz CT molecular complexity index is 1200. The first-order chi connectivity index (χ1) is 19.1. The van der Waals surface area contributed by atoms with Crippen molar-refractivity contribution in [1.29, 1.82) is 0 Å². The van der Waals surface area contributed by atoms with Gasteiger partial charge in [0, 0.05) is 35.9 Å². The molecule has 0 unspecified atom stereocenters. The van der Waals surface area contributed by atoms with Crippen LogP contribution in [0.5, 0.6) is 28.7 Å². The maximum atomic E-state index is 13.3. The van der Waals surface area contributed by atoms with Crippen molar-refractivity contribution in [2.24, 2.45) is 11.8 Å². The fourth-order valence-corrected chi connectivity index (χ4v) is 9.03. The van der Waals surface area contributed by atoms with Gasteiger partial charge in [0.25, 0.3) is 0 Å². The largest absolute Gasteiger partial charge is 0.502 e. The first-order valence-corrected chi connectivity index (χ1v) is 15.6. The molecule has 2 aromatic carbocycles. The number of esters is 1. The number of hydrogen-bond donors (Lipinski definition) is 1. The second-order valence-corrected chi connectivity index (χ2v) is 12.7. The van der Waals surface area contributed by atoms with Crippen LogP contribution in [0.1, 0.15) is 34.3 Å². The van der Waals surface area contributed by atoms with Crippen LogP contribution in [-0.4, -0.2) is 82.2 Å². The molecule has 39 heavy (non-hydrogen) atoms. The molecule has 6 rings (SSSR count). The van der Waals surface area contributed by atoms with E-state index in [4.69, 9.17) is 28.4 Å². The molecule has 2 aromatic rings. The zero-order chi connectivity index (χ0) is 26.9. The molecule has 4 atom stereocenters. The number of carbonyl (C=O) groups excluding carboxylic acids is 1. The number of cyclic esters (lactones) is 1. The van der Waals surface area contributed by atoms with Gasteiger partial charge in [-0.1, -0.05) is 21.6 Å². The van der Waals surface area contributed by atoms with Crippen LogP contribution in [0.3, 0.4) is 0 Å². The summed E-state index contributed by atoms with van der Waals surface area (Å²) in [6.07, 6.45) is 1.09. The Morgan fingerprint density at radius 3 is 2.38 bits per heavy atom. The van der Waals surface area contributed by atoms with Crippen LogP contribution in [0.2, 0.25) is 0 Å². The fraction of sp³-hybridized carbons (Fsp3) is 0.536. The summed E-state index contributed by atoms with van der Waals surface area (Å²) < 4.78 is 33.6. The lowest BCUT2D eigenvalue weighted by Crippen LogP contribution is -2.37. The quantitative estimate of drug-likeness (QED) is 0.265. The number of methoxy groups -OCH3 is 2. The second-order valence-electron chi connectivity index (χ2n) is 10.1. The van der Waals surface area contributed by atoms with Crippen molar-refractivity contribution in [2.45, 2.75) is 17.6 Å². The number of benzene rings is 2. The zero-order valence-electron chi connectivity index (χ0n) is 22.1. The number of phenols is 1. The van der Waals surface area contributed by atoms with Gasteiger partial charge in [-0.05, 0) is 53.9 Å². The highest BCUT2D eigenvalue weighted by Gasteiger charge is 2.53. The minimum atomic E-state index is -0.386. The number of morpholine rings is 1. The molecule has 2 fully saturated rings.